The second-order valence-corrected chi connectivity index (χ2v) is 5.00. The molecule has 2 N–H and O–H groups in total. The standard InChI is InChI=1S/C14H14N2O4S/c1-2-20-13(19)9-3-5-10(6-4-9)15-14-16-11(8-21-14)7-12(17)18/h3-6,8H,2,7H2,1H3,(H,15,16)(H,17,18). The fraction of sp³-hybridized carbons (Fsp3) is 0.214. The van der Waals surface area contributed by atoms with Gasteiger partial charge in [-0.25, -0.2) is 9.78 Å². The predicted molar refractivity (Wildman–Crippen MR) is 79.1 cm³/mol. The molecule has 1 heterocycles. The summed E-state index contributed by atoms with van der Waals surface area (Å²) < 4.78 is 4.90. The molecular weight excluding hydrogens is 292 g/mol. The molecule has 0 aliphatic carbocycles. The molecule has 0 radical (unpaired) electrons. The summed E-state index contributed by atoms with van der Waals surface area (Å²) in [6.45, 7) is 2.09. The van der Waals surface area contributed by atoms with Gasteiger partial charge in [0.15, 0.2) is 5.13 Å². The Balaban J connectivity index is 2.01. The third-order valence-electron chi connectivity index (χ3n) is 2.53. The molecule has 0 spiro atoms. The smallest absolute Gasteiger partial charge is 0.338 e. The highest BCUT2D eigenvalue weighted by atomic mass is 32.1. The van der Waals surface area contributed by atoms with Crippen LogP contribution in [0.2, 0.25) is 0 Å². The number of ether oxygens (including phenoxy) is 1. The first-order chi connectivity index (χ1) is 10.1. The van der Waals surface area contributed by atoms with Crippen LogP contribution < -0.4 is 5.32 Å². The number of carbonyl (C=O) groups is 2. The van der Waals surface area contributed by atoms with E-state index in [4.69, 9.17) is 9.84 Å². The van der Waals surface area contributed by atoms with Crippen LogP contribution in [-0.4, -0.2) is 28.6 Å². The van der Waals surface area contributed by atoms with Gasteiger partial charge in [-0.05, 0) is 31.2 Å². The van der Waals surface area contributed by atoms with Gasteiger partial charge in [-0.2, -0.15) is 0 Å². The van der Waals surface area contributed by atoms with Crippen LogP contribution in [0.15, 0.2) is 29.6 Å². The topological polar surface area (TPSA) is 88.5 Å². The normalized spacial score (nSPS) is 10.1. The molecule has 0 saturated heterocycles. The number of aliphatic carboxylic acids is 1. The summed E-state index contributed by atoms with van der Waals surface area (Å²) in [6.07, 6.45) is -0.0972. The van der Waals surface area contributed by atoms with Crippen molar-refractivity contribution in [2.45, 2.75) is 13.3 Å². The van der Waals surface area contributed by atoms with Crippen LogP contribution in [-0.2, 0) is 16.0 Å². The Bertz CT molecular complexity index is 637. The van der Waals surface area contributed by atoms with E-state index < -0.39 is 5.97 Å². The average molecular weight is 306 g/mol. The summed E-state index contributed by atoms with van der Waals surface area (Å²) in [7, 11) is 0. The minimum atomic E-state index is -0.911. The first-order valence-corrected chi connectivity index (χ1v) is 7.17. The summed E-state index contributed by atoms with van der Waals surface area (Å²) >= 11 is 1.33. The van der Waals surface area contributed by atoms with Gasteiger partial charge in [0, 0.05) is 11.1 Å². The number of thiazole rings is 1. The zero-order chi connectivity index (χ0) is 15.2. The van der Waals surface area contributed by atoms with Crippen molar-refractivity contribution in [3.63, 3.8) is 0 Å². The van der Waals surface area contributed by atoms with Gasteiger partial charge in [-0.1, -0.05) is 0 Å². The molecule has 1 aromatic heterocycles. The number of rotatable bonds is 6. The van der Waals surface area contributed by atoms with Gasteiger partial charge in [-0.15, -0.1) is 11.3 Å². The monoisotopic (exact) mass is 306 g/mol. The molecule has 0 aliphatic heterocycles. The number of nitrogens with zero attached hydrogens (tertiary/aromatic N) is 1. The number of benzene rings is 1. The highest BCUT2D eigenvalue weighted by molar-refractivity contribution is 7.13. The second kappa shape index (κ2) is 6.85. The van der Waals surface area contributed by atoms with Gasteiger partial charge in [0.25, 0.3) is 0 Å². The zero-order valence-corrected chi connectivity index (χ0v) is 12.1. The minimum absolute atomic E-state index is 0.0972. The summed E-state index contributed by atoms with van der Waals surface area (Å²) in [6, 6.07) is 6.80. The van der Waals surface area contributed by atoms with Crippen LogP contribution in [0, 0.1) is 0 Å². The SMILES string of the molecule is CCOC(=O)c1ccc(Nc2nc(CC(=O)O)cs2)cc1. The van der Waals surface area contributed by atoms with E-state index in [9.17, 15) is 9.59 Å². The first-order valence-electron chi connectivity index (χ1n) is 6.29. The highest BCUT2D eigenvalue weighted by Gasteiger charge is 2.08. The zero-order valence-electron chi connectivity index (χ0n) is 11.3. The Labute approximate surface area is 125 Å². The average Bonchev–Trinajstić information content (AvgIpc) is 2.86. The largest absolute Gasteiger partial charge is 0.481 e. The number of anilines is 2. The lowest BCUT2D eigenvalue weighted by molar-refractivity contribution is -0.136. The van der Waals surface area contributed by atoms with E-state index in [0.717, 1.165) is 5.69 Å². The maximum atomic E-state index is 11.5. The number of esters is 1. The third-order valence-corrected chi connectivity index (χ3v) is 3.34. The fourth-order valence-electron chi connectivity index (χ4n) is 1.63. The summed E-state index contributed by atoms with van der Waals surface area (Å²) in [5.74, 6) is -1.27. The molecule has 0 aliphatic rings. The summed E-state index contributed by atoms with van der Waals surface area (Å²) in [4.78, 5) is 26.3. The number of aromatic nitrogens is 1. The van der Waals surface area contributed by atoms with Crippen LogP contribution in [0.3, 0.4) is 0 Å². The molecule has 0 bridgehead atoms. The summed E-state index contributed by atoms with van der Waals surface area (Å²) in [5.41, 5.74) is 1.76. The van der Waals surface area contributed by atoms with Crippen molar-refractivity contribution in [2.24, 2.45) is 0 Å². The number of carbonyl (C=O) groups excluding carboxylic acids is 1. The van der Waals surface area contributed by atoms with Gasteiger partial charge >= 0.3 is 11.9 Å². The highest BCUT2D eigenvalue weighted by Crippen LogP contribution is 2.21. The molecule has 1 aromatic carbocycles. The van der Waals surface area contributed by atoms with E-state index >= 15 is 0 Å². The van der Waals surface area contributed by atoms with Gasteiger partial charge in [-0.3, -0.25) is 4.79 Å². The molecule has 0 saturated carbocycles. The molecular formula is C14H14N2O4S. The Morgan fingerprint density at radius 3 is 2.67 bits per heavy atom. The molecule has 6 nitrogen and oxygen atoms in total. The Morgan fingerprint density at radius 2 is 2.05 bits per heavy atom. The number of nitrogens with one attached hydrogen (secondary N) is 1. The molecule has 0 amide bonds. The first kappa shape index (κ1) is 15.0. The van der Waals surface area contributed by atoms with Gasteiger partial charge in [0.2, 0.25) is 0 Å². The maximum absolute atomic E-state index is 11.5. The third kappa shape index (κ3) is 4.28. The van der Waals surface area contributed by atoms with Crippen LogP contribution >= 0.6 is 11.3 Å². The van der Waals surface area contributed by atoms with Crippen LogP contribution in [0.25, 0.3) is 0 Å². The van der Waals surface area contributed by atoms with Crippen molar-refractivity contribution < 1.29 is 19.4 Å². The molecule has 0 atom stereocenters. The van der Waals surface area contributed by atoms with E-state index in [2.05, 4.69) is 10.3 Å². The lowest BCUT2D eigenvalue weighted by atomic mass is 10.2. The van der Waals surface area contributed by atoms with Crippen LogP contribution in [0.4, 0.5) is 10.8 Å². The van der Waals surface area contributed by atoms with Crippen LogP contribution in [0.1, 0.15) is 23.0 Å². The van der Waals surface area contributed by atoms with Crippen molar-refractivity contribution in [3.05, 3.63) is 40.9 Å². The summed E-state index contributed by atoms with van der Waals surface area (Å²) in [5, 5.41) is 14.1. The van der Waals surface area contributed by atoms with Gasteiger partial charge < -0.3 is 15.2 Å². The number of hydrogen-bond acceptors (Lipinski definition) is 6. The number of hydrogen-bond donors (Lipinski definition) is 2. The van der Waals surface area contributed by atoms with Gasteiger partial charge in [0.1, 0.15) is 0 Å². The molecule has 110 valence electrons. The Kier molecular flexibility index (Phi) is 4.89. The minimum Gasteiger partial charge on any atom is -0.481 e. The van der Waals surface area contributed by atoms with E-state index in [1.807, 2.05) is 0 Å². The molecule has 7 heteroatoms. The lowest BCUT2D eigenvalue weighted by Gasteiger charge is -2.04. The van der Waals surface area contributed by atoms with E-state index in [1.54, 1.807) is 36.6 Å². The molecule has 21 heavy (non-hydrogen) atoms. The van der Waals surface area contributed by atoms with Gasteiger partial charge in [0.05, 0.1) is 24.3 Å². The maximum Gasteiger partial charge on any atom is 0.338 e. The number of carboxylic acids is 1. The van der Waals surface area contributed by atoms with Crippen molar-refractivity contribution in [1.29, 1.82) is 0 Å². The Hall–Kier alpha value is -2.41. The van der Waals surface area contributed by atoms with E-state index in [1.165, 1.54) is 11.3 Å². The Morgan fingerprint density at radius 1 is 1.33 bits per heavy atom. The fourth-order valence-corrected chi connectivity index (χ4v) is 2.36. The van der Waals surface area contributed by atoms with Crippen molar-refractivity contribution >= 4 is 34.1 Å². The molecule has 2 aromatic rings. The van der Waals surface area contributed by atoms with E-state index in [-0.39, 0.29) is 12.4 Å². The lowest BCUT2D eigenvalue weighted by Crippen LogP contribution is -2.04. The predicted octanol–water partition coefficient (Wildman–Crippen LogP) is 2.69. The molecule has 0 unspecified atom stereocenters. The second-order valence-electron chi connectivity index (χ2n) is 4.14. The molecule has 2 rings (SSSR count). The van der Waals surface area contributed by atoms with Crippen LogP contribution in [0.5, 0.6) is 0 Å². The number of carboxylic acid groups (broad SMARTS) is 1. The van der Waals surface area contributed by atoms with E-state index in [0.29, 0.717) is 23.0 Å². The molecule has 0 fully saturated rings. The quantitative estimate of drug-likeness (QED) is 0.798. The van der Waals surface area contributed by atoms with Crippen molar-refractivity contribution in [1.82, 2.24) is 4.98 Å². The van der Waals surface area contributed by atoms with Crippen molar-refractivity contribution in [2.75, 3.05) is 11.9 Å². The van der Waals surface area contributed by atoms with Crippen molar-refractivity contribution in [3.8, 4) is 0 Å².